The van der Waals surface area contributed by atoms with Crippen molar-refractivity contribution in [2.45, 2.75) is 13.2 Å². The van der Waals surface area contributed by atoms with Crippen LogP contribution in [0.2, 0.25) is 0 Å². The molecule has 0 bridgehead atoms. The van der Waals surface area contributed by atoms with E-state index >= 15 is 0 Å². The Hall–Kier alpha value is -2.35. The van der Waals surface area contributed by atoms with Gasteiger partial charge in [0.1, 0.15) is 12.4 Å². The molecule has 0 unspecified atom stereocenters. The molecule has 0 atom stereocenters. The van der Waals surface area contributed by atoms with Crippen LogP contribution in [0, 0.1) is 0 Å². The molecule has 31 heavy (non-hydrogen) atoms. The number of hydrogen-bond acceptors (Lipinski definition) is 4. The van der Waals surface area contributed by atoms with Gasteiger partial charge in [-0.15, -0.1) is 0 Å². The topological polar surface area (TPSA) is 46.6 Å². The molecular weight excluding hydrogens is 542 g/mol. The van der Waals surface area contributed by atoms with Crippen LogP contribution in [0.4, 0.5) is 4.79 Å². The van der Waals surface area contributed by atoms with E-state index in [1.165, 1.54) is 4.90 Å². The highest BCUT2D eigenvalue weighted by Gasteiger charge is 2.35. The Balaban J connectivity index is 1.46. The van der Waals surface area contributed by atoms with Gasteiger partial charge in [0.05, 0.1) is 11.4 Å². The molecule has 4 nitrogen and oxygen atoms in total. The van der Waals surface area contributed by atoms with Gasteiger partial charge in [-0.25, -0.2) is 0 Å². The summed E-state index contributed by atoms with van der Waals surface area (Å²) in [5.41, 5.74) is 2.75. The fourth-order valence-electron chi connectivity index (χ4n) is 3.03. The summed E-state index contributed by atoms with van der Waals surface area (Å²) in [5.74, 6) is 0.413. The number of benzene rings is 3. The molecule has 4 rings (SSSR count). The molecule has 0 saturated carbocycles. The average Bonchev–Trinajstić information content (AvgIpc) is 3.02. The minimum Gasteiger partial charge on any atom is -0.489 e. The number of nitrogens with zero attached hydrogens (tertiary/aromatic N) is 1. The number of thioether (sulfide) groups is 1. The van der Waals surface area contributed by atoms with Crippen molar-refractivity contribution in [2.75, 3.05) is 0 Å². The van der Waals surface area contributed by atoms with Gasteiger partial charge in [-0.3, -0.25) is 14.5 Å². The van der Waals surface area contributed by atoms with Gasteiger partial charge >= 0.3 is 0 Å². The van der Waals surface area contributed by atoms with Crippen LogP contribution in [0.3, 0.4) is 0 Å². The fourth-order valence-corrected chi connectivity index (χ4v) is 4.54. The lowest BCUT2D eigenvalue weighted by molar-refractivity contribution is -0.123. The number of rotatable bonds is 6. The summed E-state index contributed by atoms with van der Waals surface area (Å²) in [6.07, 6.45) is 1.73. The Bertz CT molecular complexity index is 1160. The van der Waals surface area contributed by atoms with Crippen LogP contribution in [-0.2, 0) is 17.9 Å². The van der Waals surface area contributed by atoms with Crippen LogP contribution < -0.4 is 4.74 Å². The van der Waals surface area contributed by atoms with E-state index in [1.807, 2.05) is 72.8 Å². The van der Waals surface area contributed by atoms with E-state index in [1.54, 1.807) is 6.08 Å². The zero-order chi connectivity index (χ0) is 21.8. The number of hydrogen-bond donors (Lipinski definition) is 0. The van der Waals surface area contributed by atoms with E-state index in [2.05, 4.69) is 31.9 Å². The molecule has 0 spiro atoms. The maximum Gasteiger partial charge on any atom is 0.293 e. The number of imide groups is 1. The summed E-state index contributed by atoms with van der Waals surface area (Å²) in [7, 11) is 0. The summed E-state index contributed by atoms with van der Waals surface area (Å²) in [5, 5.41) is -0.269. The second-order valence-electron chi connectivity index (χ2n) is 6.85. The summed E-state index contributed by atoms with van der Waals surface area (Å²) < 4.78 is 7.77. The standard InChI is InChI=1S/C24H17Br2NO3S/c25-19-10-8-16(9-11-19)15-30-20-6-3-4-17(12-20)13-22-23(28)27(24(29)31-22)14-18-5-1-2-7-21(18)26/h1-13H,14-15H2/b22-13-. The van der Waals surface area contributed by atoms with Crippen LogP contribution in [0.25, 0.3) is 6.08 Å². The number of halogens is 2. The number of ether oxygens (including phenoxy) is 1. The molecule has 156 valence electrons. The molecule has 1 aliphatic heterocycles. The summed E-state index contributed by atoms with van der Waals surface area (Å²) in [6.45, 7) is 0.680. The molecule has 0 aromatic heterocycles. The van der Waals surface area contributed by atoms with Crippen molar-refractivity contribution in [3.8, 4) is 5.75 Å². The Morgan fingerprint density at radius 3 is 2.48 bits per heavy atom. The van der Waals surface area contributed by atoms with Crippen molar-refractivity contribution in [3.63, 3.8) is 0 Å². The van der Waals surface area contributed by atoms with E-state index in [0.717, 1.165) is 37.4 Å². The van der Waals surface area contributed by atoms with E-state index in [9.17, 15) is 9.59 Å². The van der Waals surface area contributed by atoms with Crippen LogP contribution in [-0.4, -0.2) is 16.0 Å². The summed E-state index contributed by atoms with van der Waals surface area (Å²) >= 11 is 7.85. The van der Waals surface area contributed by atoms with Gasteiger partial charge in [0.15, 0.2) is 0 Å². The van der Waals surface area contributed by atoms with Gasteiger partial charge in [0.25, 0.3) is 11.1 Å². The van der Waals surface area contributed by atoms with Gasteiger partial charge in [-0.1, -0.05) is 74.3 Å². The quantitative estimate of drug-likeness (QED) is 0.305. The number of carbonyl (C=O) groups excluding carboxylic acids is 2. The molecule has 0 aliphatic carbocycles. The number of carbonyl (C=O) groups is 2. The molecule has 7 heteroatoms. The van der Waals surface area contributed by atoms with E-state index in [0.29, 0.717) is 17.3 Å². The van der Waals surface area contributed by atoms with Gasteiger partial charge in [0.2, 0.25) is 0 Å². The van der Waals surface area contributed by atoms with Crippen LogP contribution in [0.1, 0.15) is 16.7 Å². The third kappa shape index (κ3) is 5.47. The molecule has 3 aromatic rings. The van der Waals surface area contributed by atoms with Crippen molar-refractivity contribution in [1.82, 2.24) is 4.90 Å². The first-order valence-electron chi connectivity index (χ1n) is 9.46. The Morgan fingerprint density at radius 1 is 0.935 bits per heavy atom. The molecule has 1 heterocycles. The maximum absolute atomic E-state index is 12.8. The maximum atomic E-state index is 12.8. The van der Waals surface area contributed by atoms with Crippen molar-refractivity contribution in [3.05, 3.63) is 103 Å². The predicted octanol–water partition coefficient (Wildman–Crippen LogP) is 7.03. The highest BCUT2D eigenvalue weighted by Crippen LogP contribution is 2.34. The molecular formula is C24H17Br2NO3S. The molecule has 3 aromatic carbocycles. The molecule has 1 saturated heterocycles. The fraction of sp³-hybridized carbons (Fsp3) is 0.0833. The van der Waals surface area contributed by atoms with Gasteiger partial charge in [-0.2, -0.15) is 0 Å². The number of amides is 2. The monoisotopic (exact) mass is 557 g/mol. The van der Waals surface area contributed by atoms with Crippen molar-refractivity contribution >= 4 is 60.8 Å². The second kappa shape index (κ2) is 9.85. The highest BCUT2D eigenvalue weighted by atomic mass is 79.9. The average molecular weight is 559 g/mol. The first-order chi connectivity index (χ1) is 15.0. The minimum atomic E-state index is -0.285. The summed E-state index contributed by atoms with van der Waals surface area (Å²) in [4.78, 5) is 26.9. The zero-order valence-corrected chi connectivity index (χ0v) is 20.2. The van der Waals surface area contributed by atoms with E-state index in [4.69, 9.17) is 4.74 Å². The van der Waals surface area contributed by atoms with Crippen LogP contribution in [0.15, 0.2) is 86.6 Å². The lowest BCUT2D eigenvalue weighted by Gasteiger charge is -2.13. The predicted molar refractivity (Wildman–Crippen MR) is 131 cm³/mol. The Kier molecular flexibility index (Phi) is 6.95. The minimum absolute atomic E-state index is 0.236. The van der Waals surface area contributed by atoms with E-state index < -0.39 is 0 Å². The zero-order valence-electron chi connectivity index (χ0n) is 16.3. The van der Waals surface area contributed by atoms with Crippen molar-refractivity contribution in [2.24, 2.45) is 0 Å². The first-order valence-corrected chi connectivity index (χ1v) is 11.9. The smallest absolute Gasteiger partial charge is 0.293 e. The lowest BCUT2D eigenvalue weighted by atomic mass is 10.2. The van der Waals surface area contributed by atoms with Crippen molar-refractivity contribution < 1.29 is 14.3 Å². The van der Waals surface area contributed by atoms with Crippen LogP contribution in [0.5, 0.6) is 5.75 Å². The second-order valence-corrected chi connectivity index (χ2v) is 9.61. The largest absolute Gasteiger partial charge is 0.489 e. The normalized spacial score (nSPS) is 15.0. The van der Waals surface area contributed by atoms with Gasteiger partial charge in [0, 0.05) is 8.95 Å². The van der Waals surface area contributed by atoms with Gasteiger partial charge < -0.3 is 4.74 Å². The highest BCUT2D eigenvalue weighted by molar-refractivity contribution is 9.10. The molecule has 0 radical (unpaired) electrons. The first kappa shape index (κ1) is 21.9. The molecule has 1 fully saturated rings. The third-order valence-corrected chi connectivity index (χ3v) is 6.84. The molecule has 2 amide bonds. The Morgan fingerprint density at radius 2 is 1.71 bits per heavy atom. The molecule has 1 aliphatic rings. The van der Waals surface area contributed by atoms with Crippen LogP contribution >= 0.6 is 43.6 Å². The Labute approximate surface area is 201 Å². The van der Waals surface area contributed by atoms with Gasteiger partial charge in [-0.05, 0) is 64.9 Å². The third-order valence-electron chi connectivity index (χ3n) is 4.63. The van der Waals surface area contributed by atoms with E-state index in [-0.39, 0.29) is 17.7 Å². The summed E-state index contributed by atoms with van der Waals surface area (Å²) in [6, 6.07) is 23.0. The lowest BCUT2D eigenvalue weighted by Crippen LogP contribution is -2.27. The SMILES string of the molecule is O=C1S/C(=C\c2cccc(OCc3ccc(Br)cc3)c2)C(=O)N1Cc1ccccc1Br. The van der Waals surface area contributed by atoms with Crippen molar-refractivity contribution in [1.29, 1.82) is 0 Å². The molecule has 0 N–H and O–H groups in total.